The van der Waals surface area contributed by atoms with Crippen molar-refractivity contribution in [1.29, 1.82) is 0 Å². The topological polar surface area (TPSA) is 54.5 Å². The van der Waals surface area contributed by atoms with Gasteiger partial charge in [-0.3, -0.25) is 9.78 Å². The van der Waals surface area contributed by atoms with Gasteiger partial charge in [-0.25, -0.2) is 0 Å². The lowest BCUT2D eigenvalue weighted by atomic mass is 9.74. The summed E-state index contributed by atoms with van der Waals surface area (Å²) in [4.78, 5) is 19.4. The number of nitrogens with one attached hydrogen (secondary N) is 1. The molecule has 2 aliphatic heterocycles. The lowest BCUT2D eigenvalue weighted by molar-refractivity contribution is -0.114. The number of amides is 1. The molecule has 1 saturated heterocycles. The van der Waals surface area contributed by atoms with Crippen LogP contribution < -0.4 is 5.32 Å². The van der Waals surface area contributed by atoms with Crippen molar-refractivity contribution in [2.45, 2.75) is 75.5 Å². The van der Waals surface area contributed by atoms with Gasteiger partial charge in [0.05, 0.1) is 23.1 Å². The van der Waals surface area contributed by atoms with E-state index in [-0.39, 0.29) is 17.1 Å². The van der Waals surface area contributed by atoms with Crippen LogP contribution in [0.3, 0.4) is 0 Å². The maximum absolute atomic E-state index is 13.0. The molecule has 170 valence electrons. The van der Waals surface area contributed by atoms with Crippen LogP contribution in [-0.4, -0.2) is 47.1 Å². The van der Waals surface area contributed by atoms with E-state index >= 15 is 0 Å². The Morgan fingerprint density at radius 2 is 2.12 bits per heavy atom. The normalized spacial score (nSPS) is 34.2. The molecule has 5 nitrogen and oxygen atoms in total. The number of nitrogens with zero attached hydrogens (tertiary/aromatic N) is 2. The first-order chi connectivity index (χ1) is 15.4. The predicted octanol–water partition coefficient (Wildman–Crippen LogP) is 5.04. The number of hydrogen-bond acceptors (Lipinski definition) is 4. The van der Waals surface area contributed by atoms with Crippen LogP contribution >= 0.6 is 0 Å². The highest BCUT2D eigenvalue weighted by molar-refractivity contribution is 6.03. The van der Waals surface area contributed by atoms with E-state index in [1.54, 1.807) is 12.4 Å². The van der Waals surface area contributed by atoms with Gasteiger partial charge in [0.2, 0.25) is 0 Å². The fourth-order valence-corrected chi connectivity index (χ4v) is 6.24. The molecule has 2 spiro atoms. The number of aromatic nitrogens is 1. The highest BCUT2D eigenvalue weighted by Gasteiger charge is 2.59. The van der Waals surface area contributed by atoms with Crippen molar-refractivity contribution < 1.29 is 9.53 Å². The molecule has 4 unspecified atom stereocenters. The first-order valence-electron chi connectivity index (χ1n) is 12.1. The zero-order valence-electron chi connectivity index (χ0n) is 19.6. The molecular formula is C27H35N3O2. The van der Waals surface area contributed by atoms with Crippen LogP contribution in [0.5, 0.6) is 0 Å². The van der Waals surface area contributed by atoms with Gasteiger partial charge in [0.15, 0.2) is 0 Å². The Kier molecular flexibility index (Phi) is 5.58. The van der Waals surface area contributed by atoms with Gasteiger partial charge in [0.1, 0.15) is 0 Å². The van der Waals surface area contributed by atoms with E-state index in [9.17, 15) is 4.79 Å². The average Bonchev–Trinajstić information content (AvgIpc) is 3.13. The molecule has 3 heterocycles. The van der Waals surface area contributed by atoms with E-state index in [4.69, 9.17) is 4.74 Å². The summed E-state index contributed by atoms with van der Waals surface area (Å²) in [7, 11) is 4.39. The highest BCUT2D eigenvalue weighted by Crippen LogP contribution is 2.59. The second-order valence-corrected chi connectivity index (χ2v) is 10.3. The molecule has 5 rings (SSSR count). The van der Waals surface area contributed by atoms with Crippen LogP contribution in [0.25, 0.3) is 0 Å². The second kappa shape index (κ2) is 8.27. The van der Waals surface area contributed by atoms with Crippen molar-refractivity contribution in [1.82, 2.24) is 9.88 Å². The summed E-state index contributed by atoms with van der Waals surface area (Å²) in [6, 6.07) is 4.30. The Labute approximate surface area is 191 Å². The summed E-state index contributed by atoms with van der Waals surface area (Å²) in [6.07, 6.45) is 18.5. The number of rotatable bonds is 3. The number of pyridine rings is 1. The molecule has 2 aliphatic carbocycles. The molecule has 1 aromatic heterocycles. The summed E-state index contributed by atoms with van der Waals surface area (Å²) in [6.45, 7) is 2.30. The van der Waals surface area contributed by atoms with Gasteiger partial charge in [-0.2, -0.15) is 0 Å². The Bertz CT molecular complexity index is 980. The highest BCUT2D eigenvalue weighted by atomic mass is 16.5. The first-order valence-corrected chi connectivity index (χ1v) is 12.1. The maximum Gasteiger partial charge on any atom is 0.251 e. The SMILES string of the molecule is CC1CC=C(C(=O)Nc2cccnc2)CCC=C2C=C3CCC(N(C)C)CC34CCC21O4. The van der Waals surface area contributed by atoms with E-state index < -0.39 is 0 Å². The standard InChI is InChI=1S/C27H35N3O2/c1-19-9-10-20(25(31)29-23-8-5-15-28-18-23)6-4-7-22-16-21-11-12-24(30(2)3)17-26(21)13-14-27(19,22)32-26/h5,7-8,10,15-16,18-19,24H,4,6,9,11-14,17H2,1-3H3,(H,29,31). The van der Waals surface area contributed by atoms with Gasteiger partial charge < -0.3 is 15.0 Å². The number of carbonyl (C=O) groups is 1. The van der Waals surface area contributed by atoms with Crippen molar-refractivity contribution in [3.05, 3.63) is 59.5 Å². The van der Waals surface area contributed by atoms with E-state index in [0.717, 1.165) is 56.2 Å². The Hall–Kier alpha value is -2.24. The molecule has 4 atom stereocenters. The third-order valence-corrected chi connectivity index (χ3v) is 8.23. The zero-order chi connectivity index (χ0) is 22.3. The van der Waals surface area contributed by atoms with Crippen LogP contribution in [0, 0.1) is 5.92 Å². The summed E-state index contributed by atoms with van der Waals surface area (Å²) in [5.41, 5.74) is 4.16. The molecule has 1 aromatic rings. The smallest absolute Gasteiger partial charge is 0.251 e. The van der Waals surface area contributed by atoms with Crippen molar-refractivity contribution in [2.24, 2.45) is 5.92 Å². The molecule has 1 saturated carbocycles. The van der Waals surface area contributed by atoms with Crippen molar-refractivity contribution in [2.75, 3.05) is 19.4 Å². The Morgan fingerprint density at radius 1 is 1.25 bits per heavy atom. The van der Waals surface area contributed by atoms with Gasteiger partial charge in [0, 0.05) is 17.8 Å². The lowest BCUT2D eigenvalue weighted by Gasteiger charge is -2.49. The monoisotopic (exact) mass is 433 g/mol. The fraction of sp³-hybridized carbons (Fsp3) is 0.556. The molecule has 2 fully saturated rings. The largest absolute Gasteiger partial charge is 0.359 e. The van der Waals surface area contributed by atoms with Gasteiger partial charge in [-0.15, -0.1) is 0 Å². The third kappa shape index (κ3) is 3.65. The van der Waals surface area contributed by atoms with Gasteiger partial charge in [-0.1, -0.05) is 25.2 Å². The molecular weight excluding hydrogens is 398 g/mol. The van der Waals surface area contributed by atoms with Crippen LogP contribution in [-0.2, 0) is 9.53 Å². The van der Waals surface area contributed by atoms with Crippen LogP contribution in [0.4, 0.5) is 5.69 Å². The number of allylic oxidation sites excluding steroid dienone is 2. The van der Waals surface area contributed by atoms with E-state index in [2.05, 4.69) is 54.4 Å². The summed E-state index contributed by atoms with van der Waals surface area (Å²) >= 11 is 0. The van der Waals surface area contributed by atoms with Crippen LogP contribution in [0.15, 0.2) is 59.5 Å². The predicted molar refractivity (Wildman–Crippen MR) is 127 cm³/mol. The molecule has 0 aromatic carbocycles. The number of ether oxygens (including phenoxy) is 1. The van der Waals surface area contributed by atoms with Crippen LogP contribution in [0.1, 0.15) is 58.3 Å². The molecule has 32 heavy (non-hydrogen) atoms. The van der Waals surface area contributed by atoms with Crippen molar-refractivity contribution in [3.8, 4) is 0 Å². The average molecular weight is 434 g/mol. The van der Waals surface area contributed by atoms with E-state index in [1.165, 1.54) is 17.6 Å². The molecule has 1 amide bonds. The second-order valence-electron chi connectivity index (χ2n) is 10.3. The number of anilines is 1. The van der Waals surface area contributed by atoms with Crippen molar-refractivity contribution in [3.63, 3.8) is 0 Å². The summed E-state index contributed by atoms with van der Waals surface area (Å²) < 4.78 is 7.15. The zero-order valence-corrected chi connectivity index (χ0v) is 19.6. The third-order valence-electron chi connectivity index (χ3n) is 8.23. The summed E-state index contributed by atoms with van der Waals surface area (Å²) in [5, 5.41) is 3.01. The Morgan fingerprint density at radius 3 is 2.91 bits per heavy atom. The molecule has 5 heteroatoms. The van der Waals surface area contributed by atoms with E-state index in [1.807, 2.05) is 12.1 Å². The number of carbonyl (C=O) groups excluding carboxylic acids is 1. The van der Waals surface area contributed by atoms with Crippen molar-refractivity contribution >= 4 is 11.6 Å². The lowest BCUT2D eigenvalue weighted by Crippen LogP contribution is -2.50. The molecule has 4 aliphatic rings. The molecule has 1 N–H and O–H groups in total. The Balaban J connectivity index is 1.40. The minimum absolute atomic E-state index is 0.0179. The van der Waals surface area contributed by atoms with Gasteiger partial charge in [0.25, 0.3) is 5.91 Å². The van der Waals surface area contributed by atoms with Gasteiger partial charge in [-0.05, 0) is 94.7 Å². The molecule has 2 bridgehead atoms. The summed E-state index contributed by atoms with van der Waals surface area (Å²) in [5.74, 6) is 0.306. The van der Waals surface area contributed by atoms with Gasteiger partial charge >= 0.3 is 0 Å². The minimum atomic E-state index is -0.219. The first kappa shape index (κ1) is 21.6. The number of hydrogen-bond donors (Lipinski definition) is 1. The van der Waals surface area contributed by atoms with Crippen LogP contribution in [0.2, 0.25) is 0 Å². The fourth-order valence-electron chi connectivity index (χ4n) is 6.24. The van der Waals surface area contributed by atoms with E-state index in [0.29, 0.717) is 12.0 Å². The molecule has 0 radical (unpaired) electrons. The quantitative estimate of drug-likeness (QED) is 0.726. The minimum Gasteiger partial charge on any atom is -0.359 e. The maximum atomic E-state index is 13.0.